The van der Waals surface area contributed by atoms with Gasteiger partial charge in [0.05, 0.1) is 11.6 Å². The second-order valence-electron chi connectivity index (χ2n) is 4.08. The second-order valence-corrected chi connectivity index (χ2v) is 4.08. The van der Waals surface area contributed by atoms with E-state index in [1.807, 2.05) is 0 Å². The number of hydrogen-bond donors (Lipinski definition) is 3. The third-order valence-corrected chi connectivity index (χ3v) is 2.96. The number of phenols is 1. The summed E-state index contributed by atoms with van der Waals surface area (Å²) in [6, 6.07) is 8.25. The van der Waals surface area contributed by atoms with E-state index in [0.717, 1.165) is 5.56 Å². The first-order valence-electron chi connectivity index (χ1n) is 5.56. The van der Waals surface area contributed by atoms with E-state index in [9.17, 15) is 10.4 Å². The molecule has 7 heteroatoms. The van der Waals surface area contributed by atoms with Crippen LogP contribution in [0, 0.1) is 11.3 Å². The molecule has 94 valence electrons. The Morgan fingerprint density at radius 3 is 2.79 bits per heavy atom. The van der Waals surface area contributed by atoms with Crippen LogP contribution in [0.4, 0.5) is 5.95 Å². The molecule has 1 aliphatic heterocycles. The highest BCUT2D eigenvalue weighted by Crippen LogP contribution is 2.32. The highest BCUT2D eigenvalue weighted by molar-refractivity contribution is 5.65. The maximum Gasteiger partial charge on any atom is 0.228 e. The van der Waals surface area contributed by atoms with Gasteiger partial charge >= 0.3 is 0 Å². The number of hydrogen-bond acceptors (Lipinski definition) is 6. The molecule has 7 nitrogen and oxygen atoms in total. The standard InChI is InChI=1S/C12H10N6O/c13-5-9-10(7-1-3-8(19)4-2-7)17-12-15-6-16-18(12)11(9)14/h1-4,6,10,19H,14H2,(H,15,16,17)/t10-/m1/s1. The van der Waals surface area contributed by atoms with Crippen LogP contribution in [0.5, 0.6) is 5.75 Å². The molecule has 0 spiro atoms. The van der Waals surface area contributed by atoms with Gasteiger partial charge in [-0.1, -0.05) is 12.1 Å². The second kappa shape index (κ2) is 4.03. The monoisotopic (exact) mass is 254 g/mol. The van der Waals surface area contributed by atoms with Crippen LogP contribution < -0.4 is 11.1 Å². The van der Waals surface area contributed by atoms with E-state index in [4.69, 9.17) is 5.73 Å². The number of nitrogens with one attached hydrogen (secondary N) is 1. The van der Waals surface area contributed by atoms with Gasteiger partial charge in [-0.25, -0.2) is 0 Å². The van der Waals surface area contributed by atoms with Gasteiger partial charge in [-0.05, 0) is 17.7 Å². The van der Waals surface area contributed by atoms with Crippen molar-refractivity contribution in [2.24, 2.45) is 5.73 Å². The third kappa shape index (κ3) is 1.66. The summed E-state index contributed by atoms with van der Waals surface area (Å²) in [6.07, 6.45) is 1.36. The summed E-state index contributed by atoms with van der Waals surface area (Å²) in [5.74, 6) is 0.902. The minimum Gasteiger partial charge on any atom is -0.508 e. The van der Waals surface area contributed by atoms with Gasteiger partial charge in [0.2, 0.25) is 5.95 Å². The van der Waals surface area contributed by atoms with E-state index in [-0.39, 0.29) is 11.6 Å². The Bertz CT molecular complexity index is 694. The Balaban J connectivity index is 2.11. The number of nitrogens with two attached hydrogens (primary N) is 1. The maximum atomic E-state index is 9.31. The summed E-state index contributed by atoms with van der Waals surface area (Å²) in [7, 11) is 0. The summed E-state index contributed by atoms with van der Waals surface area (Å²) in [5, 5.41) is 25.6. The van der Waals surface area contributed by atoms with Crippen molar-refractivity contribution >= 4 is 11.8 Å². The fourth-order valence-corrected chi connectivity index (χ4v) is 2.02. The Morgan fingerprint density at radius 2 is 2.11 bits per heavy atom. The van der Waals surface area contributed by atoms with Crippen molar-refractivity contribution in [2.75, 3.05) is 5.32 Å². The van der Waals surface area contributed by atoms with Gasteiger partial charge in [0.1, 0.15) is 24.0 Å². The van der Waals surface area contributed by atoms with Crippen molar-refractivity contribution in [1.29, 1.82) is 5.26 Å². The van der Waals surface area contributed by atoms with E-state index in [2.05, 4.69) is 21.5 Å². The van der Waals surface area contributed by atoms with Crippen LogP contribution in [0.15, 0.2) is 36.2 Å². The van der Waals surface area contributed by atoms with E-state index in [1.54, 1.807) is 24.3 Å². The first-order valence-corrected chi connectivity index (χ1v) is 5.56. The molecule has 0 saturated heterocycles. The predicted molar refractivity (Wildman–Crippen MR) is 67.5 cm³/mol. The summed E-state index contributed by atoms with van der Waals surface area (Å²) in [4.78, 5) is 4.04. The quantitative estimate of drug-likeness (QED) is 0.693. The van der Waals surface area contributed by atoms with Crippen molar-refractivity contribution in [3.05, 3.63) is 41.7 Å². The van der Waals surface area contributed by atoms with Crippen LogP contribution in [0.25, 0.3) is 5.82 Å². The predicted octanol–water partition coefficient (Wildman–Crippen LogP) is 0.801. The SMILES string of the molecule is N#CC1=C(N)n2ncnc2N[C@@H]1c1ccc(O)cc1. The zero-order valence-electron chi connectivity index (χ0n) is 9.78. The first-order chi connectivity index (χ1) is 9.20. The van der Waals surface area contributed by atoms with E-state index >= 15 is 0 Å². The molecule has 1 aromatic heterocycles. The number of benzene rings is 1. The normalized spacial score (nSPS) is 17.5. The molecule has 0 amide bonds. The van der Waals surface area contributed by atoms with Gasteiger partial charge in [0.25, 0.3) is 0 Å². The van der Waals surface area contributed by atoms with Gasteiger partial charge in [-0.3, -0.25) is 0 Å². The van der Waals surface area contributed by atoms with Gasteiger partial charge in [-0.2, -0.15) is 20.0 Å². The highest BCUT2D eigenvalue weighted by atomic mass is 16.3. The summed E-state index contributed by atoms with van der Waals surface area (Å²) in [5.41, 5.74) is 7.11. The molecule has 0 radical (unpaired) electrons. The summed E-state index contributed by atoms with van der Waals surface area (Å²) in [6.45, 7) is 0. The lowest BCUT2D eigenvalue weighted by Gasteiger charge is -2.25. The van der Waals surface area contributed by atoms with Gasteiger partial charge < -0.3 is 16.2 Å². The van der Waals surface area contributed by atoms with Crippen LogP contribution in [-0.2, 0) is 0 Å². The van der Waals surface area contributed by atoms with Crippen molar-refractivity contribution in [2.45, 2.75) is 6.04 Å². The van der Waals surface area contributed by atoms with Crippen LogP contribution in [0.1, 0.15) is 11.6 Å². The Morgan fingerprint density at radius 1 is 1.37 bits per heavy atom. The number of aromatic hydroxyl groups is 1. The minimum absolute atomic E-state index is 0.165. The number of phenolic OH excluding ortho intramolecular Hbond substituents is 1. The number of fused-ring (bicyclic) bond motifs is 1. The Hall–Kier alpha value is -3.01. The molecule has 2 aromatic rings. The van der Waals surface area contributed by atoms with E-state index in [1.165, 1.54) is 11.0 Å². The van der Waals surface area contributed by atoms with Crippen LogP contribution >= 0.6 is 0 Å². The smallest absolute Gasteiger partial charge is 0.228 e. The van der Waals surface area contributed by atoms with Crippen LogP contribution in [0.3, 0.4) is 0 Å². The number of nitrogens with zero attached hydrogens (tertiary/aromatic N) is 4. The fourth-order valence-electron chi connectivity index (χ4n) is 2.02. The number of rotatable bonds is 1. The molecule has 1 aromatic carbocycles. The molecule has 0 bridgehead atoms. The molecule has 3 rings (SSSR count). The molecule has 2 heterocycles. The lowest BCUT2D eigenvalue weighted by molar-refractivity contribution is 0.475. The molecule has 0 fully saturated rings. The largest absolute Gasteiger partial charge is 0.508 e. The van der Waals surface area contributed by atoms with E-state index in [0.29, 0.717) is 11.5 Å². The molecule has 0 aliphatic carbocycles. The third-order valence-electron chi connectivity index (χ3n) is 2.96. The van der Waals surface area contributed by atoms with Crippen molar-refractivity contribution < 1.29 is 5.11 Å². The average molecular weight is 254 g/mol. The molecular weight excluding hydrogens is 244 g/mol. The summed E-state index contributed by atoms with van der Waals surface area (Å²) >= 11 is 0. The van der Waals surface area contributed by atoms with Crippen molar-refractivity contribution in [3.63, 3.8) is 0 Å². The average Bonchev–Trinajstić information content (AvgIpc) is 2.88. The molecular formula is C12H10N6O. The molecule has 19 heavy (non-hydrogen) atoms. The van der Waals surface area contributed by atoms with Gasteiger partial charge in [0.15, 0.2) is 0 Å². The lowest BCUT2D eigenvalue weighted by Crippen LogP contribution is -2.27. The topological polar surface area (TPSA) is 113 Å². The van der Waals surface area contributed by atoms with Crippen molar-refractivity contribution in [3.8, 4) is 11.8 Å². The molecule has 1 aliphatic rings. The summed E-state index contributed by atoms with van der Waals surface area (Å²) < 4.78 is 1.38. The number of anilines is 1. The molecule has 1 atom stereocenters. The lowest BCUT2D eigenvalue weighted by atomic mass is 9.98. The number of nitriles is 1. The zero-order valence-corrected chi connectivity index (χ0v) is 9.78. The van der Waals surface area contributed by atoms with Crippen molar-refractivity contribution in [1.82, 2.24) is 14.8 Å². The van der Waals surface area contributed by atoms with Crippen LogP contribution in [-0.4, -0.2) is 19.9 Å². The Kier molecular flexibility index (Phi) is 2.35. The van der Waals surface area contributed by atoms with Gasteiger partial charge in [-0.15, -0.1) is 0 Å². The molecule has 4 N–H and O–H groups in total. The molecule has 0 unspecified atom stereocenters. The van der Waals surface area contributed by atoms with E-state index < -0.39 is 6.04 Å². The number of aromatic nitrogens is 3. The Labute approximate surface area is 108 Å². The van der Waals surface area contributed by atoms with Gasteiger partial charge in [0, 0.05) is 0 Å². The fraction of sp³-hybridized carbons (Fsp3) is 0.0833. The van der Waals surface area contributed by atoms with Crippen LogP contribution in [0.2, 0.25) is 0 Å². The maximum absolute atomic E-state index is 9.31. The first kappa shape index (κ1) is 11.1. The minimum atomic E-state index is -0.401. The molecule has 0 saturated carbocycles. The zero-order chi connectivity index (χ0) is 13.4. The highest BCUT2D eigenvalue weighted by Gasteiger charge is 2.28.